The highest BCUT2D eigenvalue weighted by Gasteiger charge is 2.58. The predicted octanol–water partition coefficient (Wildman–Crippen LogP) is 3.37. The monoisotopic (exact) mass is 207 g/mol. The molecule has 0 aromatic rings. The Morgan fingerprint density at radius 3 is 2.67 bits per heavy atom. The van der Waals surface area contributed by atoms with Gasteiger partial charge in [0.2, 0.25) is 0 Å². The van der Waals surface area contributed by atoms with E-state index in [4.69, 9.17) is 0 Å². The number of nitrogens with one attached hydrogen (secondary N) is 1. The van der Waals surface area contributed by atoms with Crippen molar-refractivity contribution in [1.82, 2.24) is 5.32 Å². The summed E-state index contributed by atoms with van der Waals surface area (Å²) in [6.45, 7) is 12.3. The van der Waals surface area contributed by atoms with Gasteiger partial charge < -0.3 is 5.32 Å². The molecule has 1 nitrogen and oxygen atoms in total. The molecule has 0 aromatic heterocycles. The Hall–Kier alpha value is -0.300. The molecule has 15 heavy (non-hydrogen) atoms. The standard InChI is InChI=1S/C14H25N/c1-5-6-9-15-12-13(2,3)11-7-8-14(12,4)10-11/h5,11-12,15H,1,6-10H2,2-4H3/t11-,12?,14+/m0/s1. The zero-order chi connectivity index (χ0) is 11.1. The van der Waals surface area contributed by atoms with E-state index in [0.29, 0.717) is 16.9 Å². The molecule has 1 N–H and O–H groups in total. The first-order valence-electron chi connectivity index (χ1n) is 6.35. The van der Waals surface area contributed by atoms with Crippen molar-refractivity contribution >= 4 is 0 Å². The van der Waals surface area contributed by atoms with Crippen LogP contribution in [0.5, 0.6) is 0 Å². The van der Waals surface area contributed by atoms with Gasteiger partial charge in [-0.1, -0.05) is 26.8 Å². The fourth-order valence-electron chi connectivity index (χ4n) is 4.14. The molecule has 2 saturated carbocycles. The molecule has 2 fully saturated rings. The van der Waals surface area contributed by atoms with Gasteiger partial charge in [-0.05, 0) is 49.0 Å². The van der Waals surface area contributed by atoms with Crippen molar-refractivity contribution < 1.29 is 0 Å². The summed E-state index contributed by atoms with van der Waals surface area (Å²) < 4.78 is 0. The van der Waals surface area contributed by atoms with Crippen molar-refractivity contribution in [2.75, 3.05) is 6.54 Å². The fourth-order valence-corrected chi connectivity index (χ4v) is 4.14. The third kappa shape index (κ3) is 1.65. The van der Waals surface area contributed by atoms with Gasteiger partial charge in [0.1, 0.15) is 0 Å². The Bertz CT molecular complexity index is 251. The third-order valence-electron chi connectivity index (χ3n) is 4.97. The first kappa shape index (κ1) is 11.2. The predicted molar refractivity (Wildman–Crippen MR) is 65.8 cm³/mol. The molecule has 0 radical (unpaired) electrons. The Balaban J connectivity index is 2.05. The van der Waals surface area contributed by atoms with E-state index in [2.05, 4.69) is 32.7 Å². The normalized spacial score (nSPS) is 42.1. The van der Waals surface area contributed by atoms with Gasteiger partial charge in [0.15, 0.2) is 0 Å². The smallest absolute Gasteiger partial charge is 0.0175 e. The Morgan fingerprint density at radius 2 is 2.13 bits per heavy atom. The Labute approximate surface area is 94.3 Å². The minimum absolute atomic E-state index is 0.494. The van der Waals surface area contributed by atoms with Crippen LogP contribution in [0.15, 0.2) is 12.7 Å². The summed E-state index contributed by atoms with van der Waals surface area (Å²) in [5.41, 5.74) is 1.06. The van der Waals surface area contributed by atoms with Crippen LogP contribution in [-0.4, -0.2) is 12.6 Å². The zero-order valence-electron chi connectivity index (χ0n) is 10.5. The van der Waals surface area contributed by atoms with Crippen LogP contribution < -0.4 is 5.32 Å². The molecule has 0 amide bonds. The second-order valence-corrected chi connectivity index (χ2v) is 6.38. The van der Waals surface area contributed by atoms with Gasteiger partial charge in [0, 0.05) is 6.04 Å². The minimum Gasteiger partial charge on any atom is -0.313 e. The number of fused-ring (bicyclic) bond motifs is 2. The van der Waals surface area contributed by atoms with Crippen LogP contribution >= 0.6 is 0 Å². The second kappa shape index (κ2) is 3.62. The molecular formula is C14H25N. The van der Waals surface area contributed by atoms with E-state index in [-0.39, 0.29) is 0 Å². The van der Waals surface area contributed by atoms with Crippen LogP contribution in [0.4, 0.5) is 0 Å². The van der Waals surface area contributed by atoms with Crippen LogP contribution in [0.2, 0.25) is 0 Å². The zero-order valence-corrected chi connectivity index (χ0v) is 10.5. The minimum atomic E-state index is 0.494. The van der Waals surface area contributed by atoms with E-state index in [9.17, 15) is 0 Å². The summed E-state index contributed by atoms with van der Waals surface area (Å²) in [4.78, 5) is 0. The van der Waals surface area contributed by atoms with Crippen LogP contribution in [0.1, 0.15) is 46.5 Å². The van der Waals surface area contributed by atoms with Crippen LogP contribution in [0.25, 0.3) is 0 Å². The molecule has 2 aliphatic rings. The molecule has 1 unspecified atom stereocenters. The van der Waals surface area contributed by atoms with Crippen LogP contribution in [-0.2, 0) is 0 Å². The molecule has 0 spiro atoms. The van der Waals surface area contributed by atoms with Crippen molar-refractivity contribution in [2.24, 2.45) is 16.7 Å². The quantitative estimate of drug-likeness (QED) is 0.550. The maximum absolute atomic E-state index is 3.79. The Morgan fingerprint density at radius 1 is 1.40 bits per heavy atom. The van der Waals surface area contributed by atoms with Gasteiger partial charge in [0.05, 0.1) is 0 Å². The average molecular weight is 207 g/mol. The molecule has 2 rings (SSSR count). The topological polar surface area (TPSA) is 12.0 Å². The molecular weight excluding hydrogens is 182 g/mol. The van der Waals surface area contributed by atoms with Gasteiger partial charge >= 0.3 is 0 Å². The number of hydrogen-bond donors (Lipinski definition) is 1. The van der Waals surface area contributed by atoms with Crippen molar-refractivity contribution in [3.8, 4) is 0 Å². The molecule has 0 aliphatic heterocycles. The van der Waals surface area contributed by atoms with E-state index in [1.807, 2.05) is 6.08 Å². The van der Waals surface area contributed by atoms with E-state index < -0.39 is 0 Å². The number of hydrogen-bond acceptors (Lipinski definition) is 1. The Kier molecular flexibility index (Phi) is 2.70. The van der Waals surface area contributed by atoms with E-state index in [1.54, 1.807) is 0 Å². The molecule has 0 aromatic carbocycles. The third-order valence-corrected chi connectivity index (χ3v) is 4.97. The second-order valence-electron chi connectivity index (χ2n) is 6.38. The molecule has 2 bridgehead atoms. The summed E-state index contributed by atoms with van der Waals surface area (Å²) in [6, 6.07) is 0.712. The van der Waals surface area contributed by atoms with Crippen molar-refractivity contribution in [3.05, 3.63) is 12.7 Å². The largest absolute Gasteiger partial charge is 0.313 e. The van der Waals surface area contributed by atoms with Crippen LogP contribution in [0.3, 0.4) is 0 Å². The van der Waals surface area contributed by atoms with Crippen LogP contribution in [0, 0.1) is 16.7 Å². The lowest BCUT2D eigenvalue weighted by Crippen LogP contribution is -2.50. The maximum atomic E-state index is 3.79. The lowest BCUT2D eigenvalue weighted by atomic mass is 9.68. The highest BCUT2D eigenvalue weighted by atomic mass is 15.0. The lowest BCUT2D eigenvalue weighted by Gasteiger charge is -2.43. The van der Waals surface area contributed by atoms with Gasteiger partial charge in [0.25, 0.3) is 0 Å². The molecule has 1 heteroatoms. The lowest BCUT2D eigenvalue weighted by molar-refractivity contribution is 0.110. The number of rotatable bonds is 4. The van der Waals surface area contributed by atoms with Crippen molar-refractivity contribution in [3.63, 3.8) is 0 Å². The van der Waals surface area contributed by atoms with Gasteiger partial charge in [-0.3, -0.25) is 0 Å². The summed E-state index contributed by atoms with van der Waals surface area (Å²) in [5.74, 6) is 0.948. The molecule has 86 valence electrons. The fraction of sp³-hybridized carbons (Fsp3) is 0.857. The summed E-state index contributed by atoms with van der Waals surface area (Å²) in [5, 5.41) is 3.77. The van der Waals surface area contributed by atoms with Crippen molar-refractivity contribution in [1.29, 1.82) is 0 Å². The summed E-state index contributed by atoms with van der Waals surface area (Å²) in [7, 11) is 0. The van der Waals surface area contributed by atoms with E-state index in [0.717, 1.165) is 18.9 Å². The molecule has 0 saturated heterocycles. The molecule has 2 aliphatic carbocycles. The van der Waals surface area contributed by atoms with Gasteiger partial charge in [-0.25, -0.2) is 0 Å². The van der Waals surface area contributed by atoms with Gasteiger partial charge in [-0.15, -0.1) is 6.58 Å². The van der Waals surface area contributed by atoms with E-state index in [1.165, 1.54) is 19.3 Å². The van der Waals surface area contributed by atoms with E-state index >= 15 is 0 Å². The summed E-state index contributed by atoms with van der Waals surface area (Å²) >= 11 is 0. The first-order chi connectivity index (χ1) is 7.00. The highest BCUT2D eigenvalue weighted by molar-refractivity contribution is 5.11. The van der Waals surface area contributed by atoms with Gasteiger partial charge in [-0.2, -0.15) is 0 Å². The maximum Gasteiger partial charge on any atom is 0.0175 e. The molecule has 3 atom stereocenters. The SMILES string of the molecule is C=CCCNC1C(C)(C)[C@H]2CC[C@]1(C)C2. The molecule has 0 heterocycles. The van der Waals surface area contributed by atoms with Crippen molar-refractivity contribution in [2.45, 2.75) is 52.5 Å². The summed E-state index contributed by atoms with van der Waals surface area (Å²) in [6.07, 6.45) is 7.41. The highest BCUT2D eigenvalue weighted by Crippen LogP contribution is 2.62. The average Bonchev–Trinajstić information content (AvgIpc) is 2.62. The first-order valence-corrected chi connectivity index (χ1v) is 6.35.